The van der Waals surface area contributed by atoms with Crippen LogP contribution in [0.2, 0.25) is 0 Å². The van der Waals surface area contributed by atoms with Crippen LogP contribution in [0.1, 0.15) is 25.0 Å². The van der Waals surface area contributed by atoms with E-state index >= 15 is 0 Å². The highest BCUT2D eigenvalue weighted by molar-refractivity contribution is 5.99. The number of esters is 1. The molecule has 0 aliphatic carbocycles. The third-order valence-electron chi connectivity index (χ3n) is 4.36. The van der Waals surface area contributed by atoms with Crippen molar-refractivity contribution < 1.29 is 14.3 Å². The van der Waals surface area contributed by atoms with Gasteiger partial charge in [-0.3, -0.25) is 20.2 Å². The molecule has 1 saturated heterocycles. The minimum atomic E-state index is -0.712. The maximum Gasteiger partial charge on any atom is 0.325 e. The first-order valence-corrected chi connectivity index (χ1v) is 7.81. The summed E-state index contributed by atoms with van der Waals surface area (Å²) in [4.78, 5) is 24.7. The number of carbonyl (C=O) groups is 2. The average molecular weight is 319 g/mol. The Hall–Kier alpha value is -1.92. The van der Waals surface area contributed by atoms with Gasteiger partial charge in [-0.1, -0.05) is 12.1 Å². The minimum absolute atomic E-state index is 0.0591. The van der Waals surface area contributed by atoms with E-state index in [2.05, 4.69) is 16.0 Å². The number of anilines is 1. The number of methoxy groups -OCH3 is 1. The molecule has 4 atom stereocenters. The Morgan fingerprint density at radius 1 is 1.09 bits per heavy atom. The first kappa shape index (κ1) is 17.4. The van der Waals surface area contributed by atoms with Crippen molar-refractivity contribution in [3.63, 3.8) is 0 Å². The van der Waals surface area contributed by atoms with Crippen LogP contribution in [-0.2, 0) is 14.3 Å². The molecule has 126 valence electrons. The van der Waals surface area contributed by atoms with Gasteiger partial charge in [0.05, 0.1) is 7.11 Å². The Morgan fingerprint density at radius 2 is 1.70 bits per heavy atom. The summed E-state index contributed by atoms with van der Waals surface area (Å²) < 4.78 is 4.83. The van der Waals surface area contributed by atoms with Gasteiger partial charge in [0.25, 0.3) is 0 Å². The molecule has 3 N–H and O–H groups in total. The van der Waals surface area contributed by atoms with Gasteiger partial charge in [0, 0.05) is 17.8 Å². The molecule has 4 unspecified atom stereocenters. The maximum absolute atomic E-state index is 12.7. The highest BCUT2D eigenvalue weighted by Crippen LogP contribution is 2.18. The molecule has 0 radical (unpaired) electrons. The van der Waals surface area contributed by atoms with Crippen LogP contribution in [0.4, 0.5) is 5.69 Å². The number of hydrogen-bond acceptors (Lipinski definition) is 5. The largest absolute Gasteiger partial charge is 0.468 e. The number of carbonyl (C=O) groups excluding carboxylic acids is 2. The van der Waals surface area contributed by atoms with Gasteiger partial charge in [-0.25, -0.2) is 0 Å². The molecule has 23 heavy (non-hydrogen) atoms. The van der Waals surface area contributed by atoms with Crippen molar-refractivity contribution in [1.29, 1.82) is 0 Å². The summed E-state index contributed by atoms with van der Waals surface area (Å²) in [5, 5.41) is 9.29. The van der Waals surface area contributed by atoms with E-state index in [1.165, 1.54) is 7.11 Å². The summed E-state index contributed by atoms with van der Waals surface area (Å²) >= 11 is 0. The molecule has 1 aliphatic heterocycles. The number of aryl methyl sites for hydroxylation is 2. The zero-order chi connectivity index (χ0) is 17.1. The van der Waals surface area contributed by atoms with Crippen LogP contribution in [0, 0.1) is 13.8 Å². The first-order valence-electron chi connectivity index (χ1n) is 7.81. The highest BCUT2D eigenvalue weighted by Gasteiger charge is 2.41. The molecule has 6 heteroatoms. The van der Waals surface area contributed by atoms with E-state index in [4.69, 9.17) is 4.74 Å². The normalized spacial score (nSPS) is 27.3. The molecule has 1 aliphatic rings. The number of ether oxygens (including phenoxy) is 1. The van der Waals surface area contributed by atoms with Crippen molar-refractivity contribution in [3.05, 3.63) is 29.3 Å². The fourth-order valence-electron chi connectivity index (χ4n) is 2.69. The molecule has 0 bridgehead atoms. The quantitative estimate of drug-likeness (QED) is 0.728. The lowest BCUT2D eigenvalue weighted by molar-refractivity contribution is -0.146. The summed E-state index contributed by atoms with van der Waals surface area (Å²) in [6.07, 6.45) is 0. The van der Waals surface area contributed by atoms with Gasteiger partial charge in [-0.2, -0.15) is 0 Å². The second kappa shape index (κ2) is 7.10. The van der Waals surface area contributed by atoms with Crippen molar-refractivity contribution in [2.45, 2.75) is 51.9 Å². The summed E-state index contributed by atoms with van der Waals surface area (Å²) in [5.41, 5.74) is 2.79. The van der Waals surface area contributed by atoms with Crippen LogP contribution in [0.15, 0.2) is 18.2 Å². The standard InChI is InChI=1S/C17H25N3O3/c1-9-6-7-10(2)13(8-9)20-16(21)14-15(17(22)23-5)19-12(4)11(3)18-14/h6-8,11-12,14-15,18-19H,1-5H3,(H,20,21). The third kappa shape index (κ3) is 3.89. The number of rotatable bonds is 3. The number of benzene rings is 1. The molecular formula is C17H25N3O3. The lowest BCUT2D eigenvalue weighted by Gasteiger charge is -2.38. The Morgan fingerprint density at radius 3 is 2.30 bits per heavy atom. The maximum atomic E-state index is 12.7. The van der Waals surface area contributed by atoms with Crippen LogP contribution in [-0.4, -0.2) is 43.2 Å². The lowest BCUT2D eigenvalue weighted by Crippen LogP contribution is -2.69. The number of piperazine rings is 1. The molecular weight excluding hydrogens is 294 g/mol. The van der Waals surface area contributed by atoms with E-state index in [0.29, 0.717) is 0 Å². The second-order valence-electron chi connectivity index (χ2n) is 6.20. The minimum Gasteiger partial charge on any atom is -0.468 e. The predicted octanol–water partition coefficient (Wildman–Crippen LogP) is 1.12. The topological polar surface area (TPSA) is 79.5 Å². The predicted molar refractivity (Wildman–Crippen MR) is 89.3 cm³/mol. The summed E-state index contributed by atoms with van der Waals surface area (Å²) in [5.74, 6) is -0.697. The third-order valence-corrected chi connectivity index (χ3v) is 4.36. The van der Waals surface area contributed by atoms with Crippen molar-refractivity contribution in [1.82, 2.24) is 10.6 Å². The fourth-order valence-corrected chi connectivity index (χ4v) is 2.69. The van der Waals surface area contributed by atoms with Crippen molar-refractivity contribution >= 4 is 17.6 Å². The zero-order valence-electron chi connectivity index (χ0n) is 14.3. The van der Waals surface area contributed by atoms with Gasteiger partial charge in [-0.15, -0.1) is 0 Å². The Labute approximate surface area is 137 Å². The van der Waals surface area contributed by atoms with E-state index in [0.717, 1.165) is 16.8 Å². The van der Waals surface area contributed by atoms with E-state index in [9.17, 15) is 9.59 Å². The van der Waals surface area contributed by atoms with E-state index in [1.54, 1.807) is 0 Å². The van der Waals surface area contributed by atoms with Gasteiger partial charge in [0.1, 0.15) is 12.1 Å². The number of amides is 1. The Balaban J connectivity index is 2.20. The van der Waals surface area contributed by atoms with Gasteiger partial charge >= 0.3 is 5.97 Å². The summed E-state index contributed by atoms with van der Waals surface area (Å²) in [6.45, 7) is 7.84. The molecule has 1 amide bonds. The van der Waals surface area contributed by atoms with Gasteiger partial charge in [0.15, 0.2) is 0 Å². The molecule has 1 aromatic carbocycles. The Kier molecular flexibility index (Phi) is 5.38. The van der Waals surface area contributed by atoms with Crippen LogP contribution >= 0.6 is 0 Å². The molecule has 2 rings (SSSR count). The molecule has 0 saturated carbocycles. The summed E-state index contributed by atoms with van der Waals surface area (Å²) in [6, 6.07) is 4.59. The van der Waals surface area contributed by atoms with Crippen LogP contribution in [0.5, 0.6) is 0 Å². The molecule has 1 aromatic rings. The average Bonchev–Trinajstić information content (AvgIpc) is 2.52. The lowest BCUT2D eigenvalue weighted by atomic mass is 9.97. The smallest absolute Gasteiger partial charge is 0.325 e. The highest BCUT2D eigenvalue weighted by atomic mass is 16.5. The molecule has 0 aromatic heterocycles. The monoisotopic (exact) mass is 319 g/mol. The van der Waals surface area contributed by atoms with Crippen LogP contribution < -0.4 is 16.0 Å². The van der Waals surface area contributed by atoms with Crippen molar-refractivity contribution in [3.8, 4) is 0 Å². The van der Waals surface area contributed by atoms with Gasteiger partial charge in [-0.05, 0) is 44.9 Å². The van der Waals surface area contributed by atoms with E-state index in [-0.39, 0.29) is 18.0 Å². The molecule has 1 heterocycles. The fraction of sp³-hybridized carbons (Fsp3) is 0.529. The SMILES string of the molecule is COC(=O)C1NC(C)C(C)NC1C(=O)Nc1cc(C)ccc1C. The Bertz CT molecular complexity index is 603. The zero-order valence-corrected chi connectivity index (χ0v) is 14.3. The molecule has 6 nitrogen and oxygen atoms in total. The second-order valence-corrected chi connectivity index (χ2v) is 6.20. The van der Waals surface area contributed by atoms with E-state index in [1.807, 2.05) is 45.9 Å². The number of hydrogen-bond donors (Lipinski definition) is 3. The van der Waals surface area contributed by atoms with E-state index < -0.39 is 18.1 Å². The molecule has 0 spiro atoms. The first-order chi connectivity index (χ1) is 10.8. The van der Waals surface area contributed by atoms with Gasteiger partial charge in [0.2, 0.25) is 5.91 Å². The number of nitrogens with one attached hydrogen (secondary N) is 3. The van der Waals surface area contributed by atoms with Gasteiger partial charge < -0.3 is 10.1 Å². The van der Waals surface area contributed by atoms with Crippen molar-refractivity contribution in [2.24, 2.45) is 0 Å². The summed E-state index contributed by atoms with van der Waals surface area (Å²) in [7, 11) is 1.33. The van der Waals surface area contributed by atoms with Crippen molar-refractivity contribution in [2.75, 3.05) is 12.4 Å². The molecule has 1 fully saturated rings. The van der Waals surface area contributed by atoms with Crippen LogP contribution in [0.3, 0.4) is 0 Å². The van der Waals surface area contributed by atoms with Crippen LogP contribution in [0.25, 0.3) is 0 Å².